The predicted octanol–water partition coefficient (Wildman–Crippen LogP) is 0.531. The first-order chi connectivity index (χ1) is 9.08. The van der Waals surface area contributed by atoms with Gasteiger partial charge in [0, 0.05) is 26.2 Å². The molecule has 0 unspecified atom stereocenters. The Morgan fingerprint density at radius 1 is 0.947 bits per heavy atom. The van der Waals surface area contributed by atoms with E-state index in [0.717, 1.165) is 0 Å². The van der Waals surface area contributed by atoms with Gasteiger partial charge in [0.15, 0.2) is 10.3 Å². The van der Waals surface area contributed by atoms with E-state index in [1.165, 1.54) is 0 Å². The van der Waals surface area contributed by atoms with Crippen LogP contribution in [0.15, 0.2) is 35.6 Å². The van der Waals surface area contributed by atoms with Gasteiger partial charge in [0.05, 0.1) is 0 Å². The average molecular weight is 300 g/mol. The van der Waals surface area contributed by atoms with Crippen LogP contribution in [0.2, 0.25) is 0 Å². The maximum atomic E-state index is 4.90. The Bertz CT molecular complexity index is 367. The van der Waals surface area contributed by atoms with Gasteiger partial charge in [-0.05, 0) is 0 Å². The van der Waals surface area contributed by atoms with Crippen LogP contribution in [0.25, 0.3) is 0 Å². The highest BCUT2D eigenvalue weighted by atomic mass is 32.1. The largest absolute Gasteiger partial charge is 0.333 e. The third-order valence-electron chi connectivity index (χ3n) is 1.75. The lowest BCUT2D eigenvalue weighted by Crippen LogP contribution is -2.25. The first-order valence-electron chi connectivity index (χ1n) is 5.59. The molecule has 4 N–H and O–H groups in total. The first-order valence-corrected chi connectivity index (χ1v) is 6.49. The lowest BCUT2D eigenvalue weighted by atomic mass is 10.5. The summed E-state index contributed by atoms with van der Waals surface area (Å²) in [5, 5.41) is 0.700. The Balaban J connectivity index is 0.000000711. The Morgan fingerprint density at radius 3 is 1.68 bits per heavy atom. The molecule has 0 aliphatic heterocycles. The standard InChI is InChI=1S/C9H12N4S2.C2H8N2/c1-3-5-13(6-4-2)7-10-8(14)12-9(15)11-7;3-1-2-4/h3-4H,1-2,5-6H2,(H2,10,11,12,14,15);1-4H2. The minimum Gasteiger partial charge on any atom is -0.333 e. The second-order valence-electron chi connectivity index (χ2n) is 3.30. The van der Waals surface area contributed by atoms with Crippen LogP contribution in [0.5, 0.6) is 0 Å². The Kier molecular flexibility index (Phi) is 10.2. The van der Waals surface area contributed by atoms with Crippen molar-refractivity contribution in [1.82, 2.24) is 15.0 Å². The van der Waals surface area contributed by atoms with Gasteiger partial charge in [-0.2, -0.15) is 15.0 Å². The first kappa shape index (κ1) is 17.9. The van der Waals surface area contributed by atoms with E-state index in [4.69, 9.17) is 11.5 Å². The summed E-state index contributed by atoms with van der Waals surface area (Å²) in [6, 6.07) is 0. The molecule has 0 aromatic carbocycles. The molecule has 0 fully saturated rings. The summed E-state index contributed by atoms with van der Waals surface area (Å²) in [6.07, 6.45) is 3.54. The fraction of sp³-hybridized carbons (Fsp3) is 0.364. The fourth-order valence-corrected chi connectivity index (χ4v) is 1.48. The van der Waals surface area contributed by atoms with Crippen molar-refractivity contribution in [2.45, 2.75) is 10.3 Å². The highest BCUT2D eigenvalue weighted by molar-refractivity contribution is 7.80. The van der Waals surface area contributed by atoms with Gasteiger partial charge in [-0.15, -0.1) is 38.4 Å². The lowest BCUT2D eigenvalue weighted by molar-refractivity contribution is 0.763. The van der Waals surface area contributed by atoms with Gasteiger partial charge in [0.2, 0.25) is 5.95 Å². The zero-order valence-electron chi connectivity index (χ0n) is 10.7. The zero-order chi connectivity index (χ0) is 14.7. The molecule has 19 heavy (non-hydrogen) atoms. The smallest absolute Gasteiger partial charge is 0.230 e. The third-order valence-corrected chi connectivity index (χ3v) is 2.15. The molecule has 0 atom stereocenters. The summed E-state index contributed by atoms with van der Waals surface area (Å²) in [6.45, 7) is 9.80. The van der Waals surface area contributed by atoms with Crippen LogP contribution in [0.3, 0.4) is 0 Å². The molecule has 1 aromatic rings. The summed E-state index contributed by atoms with van der Waals surface area (Å²) >= 11 is 8.13. The van der Waals surface area contributed by atoms with Gasteiger partial charge >= 0.3 is 0 Å². The summed E-state index contributed by atoms with van der Waals surface area (Å²) < 4.78 is 0. The number of nitrogens with zero attached hydrogens (tertiary/aromatic N) is 4. The Labute approximate surface area is 124 Å². The number of hydrogen-bond acceptors (Lipinski definition) is 8. The molecule has 1 heterocycles. The summed E-state index contributed by atoms with van der Waals surface area (Å²) in [7, 11) is 0. The minimum absolute atomic E-state index is 0.350. The highest BCUT2D eigenvalue weighted by Gasteiger charge is 2.08. The molecular formula is C11H20N6S2. The van der Waals surface area contributed by atoms with Crippen LogP contribution < -0.4 is 16.4 Å². The fourth-order valence-electron chi connectivity index (χ4n) is 1.03. The van der Waals surface area contributed by atoms with Crippen molar-refractivity contribution in [3.05, 3.63) is 25.3 Å². The molecule has 8 heteroatoms. The molecule has 6 nitrogen and oxygen atoms in total. The van der Waals surface area contributed by atoms with Crippen LogP contribution >= 0.6 is 25.3 Å². The van der Waals surface area contributed by atoms with Crippen molar-refractivity contribution in [3.63, 3.8) is 0 Å². The van der Waals surface area contributed by atoms with E-state index >= 15 is 0 Å². The monoisotopic (exact) mass is 300 g/mol. The molecule has 1 aromatic heterocycles. The van der Waals surface area contributed by atoms with Gasteiger partial charge < -0.3 is 16.4 Å². The van der Waals surface area contributed by atoms with Crippen LogP contribution in [0.1, 0.15) is 0 Å². The van der Waals surface area contributed by atoms with E-state index in [9.17, 15) is 0 Å². The molecule has 106 valence electrons. The second-order valence-corrected chi connectivity index (χ2v) is 4.10. The number of anilines is 1. The average Bonchev–Trinajstić information content (AvgIpc) is 2.37. The normalized spacial score (nSPS) is 9.26. The summed E-state index contributed by atoms with van der Waals surface area (Å²) in [5.74, 6) is 0.528. The Hall–Kier alpha value is -1.09. The minimum atomic E-state index is 0.350. The molecule has 0 spiro atoms. The van der Waals surface area contributed by atoms with Gasteiger partial charge in [-0.25, -0.2) is 0 Å². The van der Waals surface area contributed by atoms with E-state index in [0.29, 0.717) is 42.4 Å². The van der Waals surface area contributed by atoms with Crippen LogP contribution in [-0.4, -0.2) is 41.1 Å². The quantitative estimate of drug-likeness (QED) is 0.452. The highest BCUT2D eigenvalue weighted by Crippen LogP contribution is 2.11. The van der Waals surface area contributed by atoms with E-state index in [-0.39, 0.29) is 0 Å². The number of thiol groups is 2. The van der Waals surface area contributed by atoms with Crippen molar-refractivity contribution >= 4 is 31.2 Å². The molecule has 0 radical (unpaired) electrons. The van der Waals surface area contributed by atoms with Crippen molar-refractivity contribution in [2.24, 2.45) is 11.5 Å². The molecule has 1 rings (SSSR count). The zero-order valence-corrected chi connectivity index (χ0v) is 12.5. The molecule has 0 saturated heterocycles. The molecule has 0 aliphatic rings. The van der Waals surface area contributed by atoms with Gasteiger partial charge in [-0.1, -0.05) is 12.2 Å². The van der Waals surface area contributed by atoms with E-state index in [1.807, 2.05) is 4.90 Å². The van der Waals surface area contributed by atoms with Crippen LogP contribution in [-0.2, 0) is 0 Å². The van der Waals surface area contributed by atoms with Crippen molar-refractivity contribution in [1.29, 1.82) is 0 Å². The maximum Gasteiger partial charge on any atom is 0.230 e. The second kappa shape index (κ2) is 10.8. The number of hydrogen-bond donors (Lipinski definition) is 4. The molecular weight excluding hydrogens is 280 g/mol. The molecule has 0 amide bonds. The molecule has 0 saturated carbocycles. The van der Waals surface area contributed by atoms with Gasteiger partial charge in [0.25, 0.3) is 0 Å². The number of nitrogens with two attached hydrogens (primary N) is 2. The SMILES string of the molecule is C=CCN(CC=C)c1nc(S)nc(S)n1.NCCN. The third kappa shape index (κ3) is 7.83. The number of aromatic nitrogens is 3. The van der Waals surface area contributed by atoms with Gasteiger partial charge in [0.1, 0.15) is 0 Å². The van der Waals surface area contributed by atoms with Gasteiger partial charge in [-0.3, -0.25) is 0 Å². The van der Waals surface area contributed by atoms with E-state index < -0.39 is 0 Å². The maximum absolute atomic E-state index is 4.90. The van der Waals surface area contributed by atoms with Crippen molar-refractivity contribution < 1.29 is 0 Å². The Morgan fingerprint density at radius 2 is 1.37 bits per heavy atom. The van der Waals surface area contributed by atoms with E-state index in [1.54, 1.807) is 12.2 Å². The summed E-state index contributed by atoms with van der Waals surface area (Å²) in [4.78, 5) is 13.9. The topological polar surface area (TPSA) is 94.0 Å². The van der Waals surface area contributed by atoms with Crippen molar-refractivity contribution in [3.8, 4) is 0 Å². The predicted molar refractivity (Wildman–Crippen MR) is 85.0 cm³/mol. The molecule has 0 bridgehead atoms. The van der Waals surface area contributed by atoms with Crippen LogP contribution in [0, 0.1) is 0 Å². The van der Waals surface area contributed by atoms with Crippen LogP contribution in [0.4, 0.5) is 5.95 Å². The van der Waals surface area contributed by atoms with Crippen molar-refractivity contribution in [2.75, 3.05) is 31.1 Å². The lowest BCUT2D eigenvalue weighted by Gasteiger charge is -2.18. The summed E-state index contributed by atoms with van der Waals surface area (Å²) in [5.41, 5.74) is 9.81. The van der Waals surface area contributed by atoms with E-state index in [2.05, 4.69) is 53.4 Å². The number of rotatable bonds is 6. The molecule has 0 aliphatic carbocycles.